The minimum absolute atomic E-state index is 0.749. The monoisotopic (exact) mass is 415 g/mol. The first-order valence-electron chi connectivity index (χ1n) is 4.26. The van der Waals surface area contributed by atoms with Gasteiger partial charge in [0.05, 0.1) is 28.6 Å². The van der Waals surface area contributed by atoms with Gasteiger partial charge >= 0.3 is 0 Å². The smallest absolute Gasteiger partial charge is 0.181 e. The number of halogens is 2. The maximum absolute atomic E-state index is 7.30. The molecule has 0 amide bonds. The Morgan fingerprint density at radius 2 is 2.29 bits per heavy atom. The molecule has 1 aromatic heterocycles. The molecule has 1 heterocycles. The third-order valence-electron chi connectivity index (χ3n) is 1.98. The Bertz CT molecular complexity index is 380. The molecule has 0 saturated heterocycles. The zero-order valence-electron chi connectivity index (χ0n) is 8.01. The fourth-order valence-corrected chi connectivity index (χ4v) is 2.45. The number of aromatic nitrogens is 2. The van der Waals surface area contributed by atoms with Crippen molar-refractivity contribution in [2.75, 3.05) is 0 Å². The summed E-state index contributed by atoms with van der Waals surface area (Å²) in [6.07, 6.45) is 4.35. The summed E-state index contributed by atoms with van der Waals surface area (Å²) in [4.78, 5) is 4.30. The van der Waals surface area contributed by atoms with Gasteiger partial charge in [-0.05, 0) is 18.9 Å². The third-order valence-corrected chi connectivity index (χ3v) is 4.57. The zero-order valence-corrected chi connectivity index (χ0v) is 12.3. The average Bonchev–Trinajstić information content (AvgIpc) is 2.47. The molecule has 0 aliphatic carbocycles. The average molecular weight is 415 g/mol. The van der Waals surface area contributed by atoms with Crippen LogP contribution in [0.1, 0.15) is 31.7 Å². The van der Waals surface area contributed by atoms with E-state index >= 15 is 0 Å². The molecule has 0 fully saturated rings. The lowest BCUT2D eigenvalue weighted by molar-refractivity contribution is 1.15. The van der Waals surface area contributed by atoms with E-state index in [4.69, 9.17) is 5.41 Å². The molecule has 1 aromatic rings. The molecule has 14 heavy (non-hydrogen) atoms. The Morgan fingerprint density at radius 1 is 1.64 bits per heavy atom. The van der Waals surface area contributed by atoms with Gasteiger partial charge in [-0.3, -0.25) is 2.78 Å². The van der Waals surface area contributed by atoms with Crippen LogP contribution in [0.3, 0.4) is 0 Å². The molecule has 0 atom stereocenters. The molecule has 0 aliphatic rings. The Morgan fingerprint density at radius 3 is 2.71 bits per heavy atom. The highest BCUT2D eigenvalue weighted by atomic mass is 127. The van der Waals surface area contributed by atoms with E-state index in [1.807, 2.05) is 9.70 Å². The number of hydrogen-bond donors (Lipinski definition) is 1. The lowest BCUT2D eigenvalue weighted by atomic mass is 10.1. The number of nitrogens with zero attached hydrogens (tertiary/aromatic N) is 2. The van der Waals surface area contributed by atoms with E-state index in [-0.39, 0.29) is 0 Å². The minimum atomic E-state index is 0.749. The molecular formula is C9H11I2N3. The number of nitrogens with one attached hydrogen (secondary N) is 1. The highest BCUT2D eigenvalue weighted by Gasteiger charge is 2.14. The van der Waals surface area contributed by atoms with Crippen molar-refractivity contribution in [3.63, 3.8) is 0 Å². The molecule has 1 rings (SSSR count). The van der Waals surface area contributed by atoms with E-state index in [1.165, 1.54) is 11.8 Å². The van der Waals surface area contributed by atoms with Crippen LogP contribution < -0.4 is 0 Å². The maximum Gasteiger partial charge on any atom is 0.181 e. The molecule has 0 aromatic carbocycles. The van der Waals surface area contributed by atoms with E-state index < -0.39 is 0 Å². The van der Waals surface area contributed by atoms with Gasteiger partial charge in [0.25, 0.3) is 0 Å². The van der Waals surface area contributed by atoms with Crippen LogP contribution in [0.5, 0.6) is 0 Å². The maximum atomic E-state index is 7.30. The van der Waals surface area contributed by atoms with Crippen LogP contribution in [0.25, 0.3) is 5.57 Å². The Hall–Kier alpha value is 0.0800. The van der Waals surface area contributed by atoms with Crippen LogP contribution >= 0.6 is 45.5 Å². The lowest BCUT2D eigenvalue weighted by Crippen LogP contribution is -1.94. The lowest BCUT2D eigenvalue weighted by Gasteiger charge is -2.04. The fraction of sp³-hybridized carbons (Fsp3) is 0.333. The van der Waals surface area contributed by atoms with Gasteiger partial charge in [0.15, 0.2) is 3.83 Å². The van der Waals surface area contributed by atoms with Gasteiger partial charge in [0, 0.05) is 28.8 Å². The number of imidazole rings is 1. The summed E-state index contributed by atoms with van der Waals surface area (Å²) in [5.41, 5.74) is 3.03. The van der Waals surface area contributed by atoms with Crippen LogP contribution in [0, 0.1) is 9.24 Å². The van der Waals surface area contributed by atoms with E-state index in [9.17, 15) is 0 Å². The summed E-state index contributed by atoms with van der Waals surface area (Å²) in [6.45, 7) is 4.13. The first-order chi connectivity index (χ1) is 6.65. The van der Waals surface area contributed by atoms with Crippen molar-refractivity contribution in [2.45, 2.75) is 20.3 Å². The van der Waals surface area contributed by atoms with Crippen molar-refractivity contribution in [3.05, 3.63) is 21.3 Å². The summed E-state index contributed by atoms with van der Waals surface area (Å²) in [6, 6.07) is 0. The molecule has 0 aliphatic heterocycles. The molecular weight excluding hydrogens is 404 g/mol. The Labute approximate surface area is 111 Å². The van der Waals surface area contributed by atoms with Gasteiger partial charge in [-0.15, -0.1) is 0 Å². The van der Waals surface area contributed by atoms with E-state index in [1.54, 1.807) is 0 Å². The van der Waals surface area contributed by atoms with Crippen molar-refractivity contribution in [3.8, 4) is 0 Å². The normalized spacial score (nSPS) is 11.9. The largest absolute Gasteiger partial charge is 0.306 e. The molecule has 0 radical (unpaired) electrons. The summed E-state index contributed by atoms with van der Waals surface area (Å²) in [5, 5.41) is 7.30. The van der Waals surface area contributed by atoms with E-state index in [0.717, 1.165) is 21.6 Å². The van der Waals surface area contributed by atoms with Crippen LogP contribution in [0.4, 0.5) is 0 Å². The number of allylic oxidation sites excluding steroid dienone is 2. The molecule has 0 unspecified atom stereocenters. The molecule has 0 saturated carbocycles. The summed E-state index contributed by atoms with van der Waals surface area (Å²) in [5.74, 6) is 0. The van der Waals surface area contributed by atoms with Gasteiger partial charge in [0.2, 0.25) is 0 Å². The van der Waals surface area contributed by atoms with Crippen molar-refractivity contribution in [1.29, 1.82) is 5.41 Å². The molecule has 76 valence electrons. The highest BCUT2D eigenvalue weighted by molar-refractivity contribution is 14.1. The van der Waals surface area contributed by atoms with Crippen molar-refractivity contribution < 1.29 is 0 Å². The fourth-order valence-electron chi connectivity index (χ4n) is 1.29. The molecule has 0 spiro atoms. The van der Waals surface area contributed by atoms with Crippen LogP contribution in [-0.2, 0) is 0 Å². The number of rotatable bonds is 3. The second-order valence-electron chi connectivity index (χ2n) is 2.71. The minimum Gasteiger partial charge on any atom is -0.306 e. The second-order valence-corrected chi connectivity index (χ2v) is 4.64. The zero-order chi connectivity index (χ0) is 10.7. The first-order valence-corrected chi connectivity index (χ1v) is 6.30. The van der Waals surface area contributed by atoms with Crippen LogP contribution in [0.15, 0.2) is 6.08 Å². The van der Waals surface area contributed by atoms with E-state index in [2.05, 4.69) is 63.4 Å². The first kappa shape index (κ1) is 12.2. The molecule has 0 bridgehead atoms. The van der Waals surface area contributed by atoms with Crippen molar-refractivity contribution >= 4 is 57.2 Å². The standard InChI is InChI=1S/C9H11I2N3/c1-3-6(4-2)8-7(5-12)13-9(10)14(8)11/h3,5,12H,4H2,1-2H3/b6-3-,12-5?. The van der Waals surface area contributed by atoms with Gasteiger partial charge in [-0.2, -0.15) is 0 Å². The highest BCUT2D eigenvalue weighted by Crippen LogP contribution is 2.25. The molecule has 3 nitrogen and oxygen atoms in total. The molecule has 1 N–H and O–H groups in total. The Kier molecular flexibility index (Phi) is 4.55. The van der Waals surface area contributed by atoms with Crippen molar-refractivity contribution in [1.82, 2.24) is 7.76 Å². The summed E-state index contributed by atoms with van der Waals surface area (Å²) in [7, 11) is 0. The van der Waals surface area contributed by atoms with Gasteiger partial charge in [-0.25, -0.2) is 4.98 Å². The van der Waals surface area contributed by atoms with Gasteiger partial charge in [-0.1, -0.05) is 13.0 Å². The quantitative estimate of drug-likeness (QED) is 0.597. The second kappa shape index (κ2) is 5.24. The van der Waals surface area contributed by atoms with Gasteiger partial charge < -0.3 is 5.41 Å². The topological polar surface area (TPSA) is 41.7 Å². The van der Waals surface area contributed by atoms with E-state index in [0.29, 0.717) is 0 Å². The van der Waals surface area contributed by atoms with Crippen LogP contribution in [-0.4, -0.2) is 14.0 Å². The van der Waals surface area contributed by atoms with Crippen LogP contribution in [0.2, 0.25) is 0 Å². The summed E-state index contributed by atoms with van der Waals surface area (Å²) < 4.78 is 2.90. The SMILES string of the molecule is C/C=C(/CC)c1c(C=N)nc(I)n1I. The third kappa shape index (κ3) is 2.18. The van der Waals surface area contributed by atoms with Gasteiger partial charge in [0.1, 0.15) is 5.69 Å². The van der Waals surface area contributed by atoms with Crippen molar-refractivity contribution in [2.24, 2.45) is 0 Å². The predicted octanol–water partition coefficient (Wildman–Crippen LogP) is 3.50. The number of hydrogen-bond acceptors (Lipinski definition) is 2. The molecule has 5 heteroatoms. The predicted molar refractivity (Wildman–Crippen MR) is 76.2 cm³/mol. The Balaban J connectivity index is 3.37. The summed E-state index contributed by atoms with van der Waals surface area (Å²) >= 11 is 4.39.